The van der Waals surface area contributed by atoms with Gasteiger partial charge in [0.2, 0.25) is 5.91 Å². The van der Waals surface area contributed by atoms with E-state index in [1.165, 1.54) is 270 Å². The van der Waals surface area contributed by atoms with E-state index < -0.39 is 12.1 Å². The number of carbonyl (C=O) groups is 2. The number of aliphatic hydroxyl groups is 2. The van der Waals surface area contributed by atoms with Crippen molar-refractivity contribution in [3.63, 3.8) is 0 Å². The fourth-order valence-electron chi connectivity index (χ4n) is 9.46. The van der Waals surface area contributed by atoms with Gasteiger partial charge in [-0.25, -0.2) is 0 Å². The largest absolute Gasteiger partial charge is 0.466 e. The first-order valence-electron chi connectivity index (χ1n) is 30.0. The number of ether oxygens (including phenoxy) is 1. The molecule has 392 valence electrons. The average Bonchev–Trinajstić information content (AvgIpc) is 3.32. The van der Waals surface area contributed by atoms with E-state index in [1.54, 1.807) is 6.08 Å². The SMILES string of the molecule is CCCCCCCCC/C=C/C(O)C(CO)NC(=O)CCCCCCCCCCCCCCCCCCCCCCCCCCOC(=O)CCCCCCCCCCCCCCCCCC. The van der Waals surface area contributed by atoms with E-state index in [0.717, 1.165) is 38.5 Å². The molecule has 0 aromatic rings. The second-order valence-corrected chi connectivity index (χ2v) is 20.7. The Morgan fingerprint density at radius 2 is 0.697 bits per heavy atom. The molecule has 0 heterocycles. The zero-order valence-corrected chi connectivity index (χ0v) is 44.7. The first-order valence-corrected chi connectivity index (χ1v) is 30.0. The van der Waals surface area contributed by atoms with Crippen molar-refractivity contribution in [3.05, 3.63) is 12.2 Å². The van der Waals surface area contributed by atoms with E-state index in [1.807, 2.05) is 6.08 Å². The molecule has 0 saturated carbocycles. The van der Waals surface area contributed by atoms with Crippen LogP contribution in [0, 0.1) is 0 Å². The molecular weight excluding hydrogens is 815 g/mol. The van der Waals surface area contributed by atoms with E-state index in [-0.39, 0.29) is 18.5 Å². The molecule has 0 aromatic heterocycles. The number of hydrogen-bond donors (Lipinski definition) is 3. The van der Waals surface area contributed by atoms with Crippen molar-refractivity contribution in [2.45, 2.75) is 347 Å². The van der Waals surface area contributed by atoms with Gasteiger partial charge in [-0.1, -0.05) is 302 Å². The van der Waals surface area contributed by atoms with Gasteiger partial charge in [0.05, 0.1) is 25.4 Å². The van der Waals surface area contributed by atoms with E-state index in [9.17, 15) is 19.8 Å². The molecule has 6 nitrogen and oxygen atoms in total. The smallest absolute Gasteiger partial charge is 0.305 e. The topological polar surface area (TPSA) is 95.9 Å². The first kappa shape index (κ1) is 64.6. The third-order valence-corrected chi connectivity index (χ3v) is 14.1. The van der Waals surface area contributed by atoms with Crippen LogP contribution in [0.1, 0.15) is 335 Å². The summed E-state index contributed by atoms with van der Waals surface area (Å²) in [5, 5.41) is 22.9. The number of esters is 1. The maximum atomic E-state index is 12.4. The van der Waals surface area contributed by atoms with E-state index in [2.05, 4.69) is 19.2 Å². The lowest BCUT2D eigenvalue weighted by molar-refractivity contribution is -0.143. The average molecular weight is 933 g/mol. The minimum absolute atomic E-state index is 0.0187. The Balaban J connectivity index is 3.32. The molecule has 0 aliphatic heterocycles. The van der Waals surface area contributed by atoms with Gasteiger partial charge in [0.1, 0.15) is 0 Å². The fourth-order valence-corrected chi connectivity index (χ4v) is 9.46. The number of allylic oxidation sites excluding steroid dienone is 1. The van der Waals surface area contributed by atoms with Crippen LogP contribution in [0.15, 0.2) is 12.2 Å². The van der Waals surface area contributed by atoms with Crippen LogP contribution in [0.3, 0.4) is 0 Å². The van der Waals surface area contributed by atoms with Crippen molar-refractivity contribution in [1.29, 1.82) is 0 Å². The minimum Gasteiger partial charge on any atom is -0.466 e. The number of amides is 1. The van der Waals surface area contributed by atoms with E-state index >= 15 is 0 Å². The number of nitrogens with one attached hydrogen (secondary N) is 1. The predicted octanol–water partition coefficient (Wildman–Crippen LogP) is 18.5. The Morgan fingerprint density at radius 3 is 1.03 bits per heavy atom. The lowest BCUT2D eigenvalue weighted by Crippen LogP contribution is -2.45. The van der Waals surface area contributed by atoms with Gasteiger partial charge >= 0.3 is 5.97 Å². The zero-order chi connectivity index (χ0) is 47.9. The van der Waals surface area contributed by atoms with Gasteiger partial charge in [-0.3, -0.25) is 9.59 Å². The molecule has 6 heteroatoms. The van der Waals surface area contributed by atoms with Crippen LogP contribution in [-0.4, -0.2) is 47.4 Å². The van der Waals surface area contributed by atoms with Gasteiger partial charge in [0, 0.05) is 12.8 Å². The van der Waals surface area contributed by atoms with Crippen LogP contribution in [0.5, 0.6) is 0 Å². The molecule has 0 bridgehead atoms. The van der Waals surface area contributed by atoms with Crippen LogP contribution in [0.4, 0.5) is 0 Å². The molecule has 1 amide bonds. The molecule has 66 heavy (non-hydrogen) atoms. The third kappa shape index (κ3) is 52.0. The lowest BCUT2D eigenvalue weighted by atomic mass is 10.0. The quantitative estimate of drug-likeness (QED) is 0.0321. The van der Waals surface area contributed by atoms with Gasteiger partial charge in [-0.05, 0) is 32.1 Å². The lowest BCUT2D eigenvalue weighted by Gasteiger charge is -2.20. The van der Waals surface area contributed by atoms with Crippen molar-refractivity contribution < 1.29 is 24.5 Å². The molecule has 2 unspecified atom stereocenters. The van der Waals surface area contributed by atoms with Crippen LogP contribution in [0.2, 0.25) is 0 Å². The second kappa shape index (κ2) is 56.2. The number of aliphatic hydroxyl groups excluding tert-OH is 2. The number of rotatable bonds is 56. The summed E-state index contributed by atoms with van der Waals surface area (Å²) in [4.78, 5) is 24.5. The van der Waals surface area contributed by atoms with Gasteiger partial charge in [0.15, 0.2) is 0 Å². The molecule has 3 N–H and O–H groups in total. The Labute approximate surface area is 412 Å². The summed E-state index contributed by atoms with van der Waals surface area (Å²) in [5.41, 5.74) is 0. The Kier molecular flexibility index (Phi) is 55.0. The Morgan fingerprint density at radius 1 is 0.409 bits per heavy atom. The van der Waals surface area contributed by atoms with Crippen LogP contribution in [-0.2, 0) is 14.3 Å². The Bertz CT molecular complexity index is 986. The molecule has 0 rings (SSSR count). The van der Waals surface area contributed by atoms with Crippen LogP contribution < -0.4 is 5.32 Å². The van der Waals surface area contributed by atoms with Gasteiger partial charge < -0.3 is 20.3 Å². The van der Waals surface area contributed by atoms with E-state index in [4.69, 9.17) is 4.74 Å². The molecule has 0 aliphatic carbocycles. The van der Waals surface area contributed by atoms with Gasteiger partial charge in [0.25, 0.3) is 0 Å². The summed E-state index contributed by atoms with van der Waals surface area (Å²) in [6, 6.07) is -0.624. The number of hydrogen-bond acceptors (Lipinski definition) is 5. The molecule has 2 atom stereocenters. The normalized spacial score (nSPS) is 12.6. The zero-order valence-electron chi connectivity index (χ0n) is 44.7. The maximum absolute atomic E-state index is 12.4. The summed E-state index contributed by atoms with van der Waals surface area (Å²) < 4.78 is 5.49. The number of carbonyl (C=O) groups excluding carboxylic acids is 2. The van der Waals surface area contributed by atoms with Crippen molar-refractivity contribution in [3.8, 4) is 0 Å². The first-order chi connectivity index (χ1) is 32.5. The summed E-state index contributed by atoms with van der Waals surface area (Å²) in [7, 11) is 0. The minimum atomic E-state index is -0.840. The van der Waals surface area contributed by atoms with Crippen LogP contribution in [0.25, 0.3) is 0 Å². The second-order valence-electron chi connectivity index (χ2n) is 20.7. The summed E-state index contributed by atoms with van der Waals surface area (Å²) in [6.45, 7) is 4.90. The highest BCUT2D eigenvalue weighted by Crippen LogP contribution is 2.18. The van der Waals surface area contributed by atoms with E-state index in [0.29, 0.717) is 19.4 Å². The molecule has 0 saturated heterocycles. The molecule has 0 spiro atoms. The highest BCUT2D eigenvalue weighted by Gasteiger charge is 2.18. The summed E-state index contributed by atoms with van der Waals surface area (Å²) in [6.07, 6.45) is 66.9. The van der Waals surface area contributed by atoms with Gasteiger partial charge in [-0.15, -0.1) is 0 Å². The third-order valence-electron chi connectivity index (χ3n) is 14.1. The monoisotopic (exact) mass is 932 g/mol. The van der Waals surface area contributed by atoms with Crippen molar-refractivity contribution >= 4 is 11.9 Å². The highest BCUT2D eigenvalue weighted by atomic mass is 16.5. The summed E-state index contributed by atoms with van der Waals surface area (Å²) >= 11 is 0. The Hall–Kier alpha value is -1.40. The molecular formula is C60H117NO5. The standard InChI is InChI=1S/C60H117NO5/c1-3-5-7-9-11-13-14-15-16-28-31-34-38-42-46-50-54-60(65)66-55-51-47-43-39-35-32-29-26-24-22-20-18-17-19-21-23-25-27-30-33-37-41-45-49-53-59(64)61-57(56-62)58(63)52-48-44-40-36-12-10-8-6-4-2/h48,52,57-58,62-63H,3-47,49-51,53-56H2,1-2H3,(H,61,64)/b52-48+. The van der Waals surface area contributed by atoms with Crippen molar-refractivity contribution in [2.75, 3.05) is 13.2 Å². The molecule has 0 radical (unpaired) electrons. The molecule has 0 aromatic carbocycles. The van der Waals surface area contributed by atoms with Crippen molar-refractivity contribution in [1.82, 2.24) is 5.32 Å². The fraction of sp³-hybridized carbons (Fsp3) is 0.933. The molecule has 0 aliphatic rings. The number of unbranched alkanes of at least 4 members (excludes halogenated alkanes) is 45. The van der Waals surface area contributed by atoms with Crippen LogP contribution >= 0.6 is 0 Å². The predicted molar refractivity (Wildman–Crippen MR) is 287 cm³/mol. The maximum Gasteiger partial charge on any atom is 0.305 e. The van der Waals surface area contributed by atoms with Gasteiger partial charge in [-0.2, -0.15) is 0 Å². The highest BCUT2D eigenvalue weighted by molar-refractivity contribution is 5.76. The molecule has 0 fully saturated rings. The van der Waals surface area contributed by atoms with Crippen molar-refractivity contribution in [2.24, 2.45) is 0 Å². The summed E-state index contributed by atoms with van der Waals surface area (Å²) in [5.74, 6) is -0.0496.